The highest BCUT2D eigenvalue weighted by Crippen LogP contribution is 2.44. The van der Waals surface area contributed by atoms with Crippen molar-refractivity contribution in [1.82, 2.24) is 4.90 Å². The molecule has 0 bridgehead atoms. The molecule has 3 rings (SSSR count). The number of hydrogen-bond acceptors (Lipinski definition) is 4. The van der Waals surface area contributed by atoms with Crippen molar-refractivity contribution in [2.45, 2.75) is 5.92 Å². The summed E-state index contributed by atoms with van der Waals surface area (Å²) >= 11 is 0. The summed E-state index contributed by atoms with van der Waals surface area (Å²) in [6, 6.07) is 9.64. The van der Waals surface area contributed by atoms with E-state index in [2.05, 4.69) is 12.6 Å². The number of benzene rings is 1. The van der Waals surface area contributed by atoms with Gasteiger partial charge in [-0.05, 0) is 11.6 Å². The molecule has 2 atom stereocenters. The summed E-state index contributed by atoms with van der Waals surface area (Å²) < 4.78 is 4.97. The summed E-state index contributed by atoms with van der Waals surface area (Å²) in [7, 11) is 1.72. The first kappa shape index (κ1) is 16.5. The molecule has 25 heavy (non-hydrogen) atoms. The first-order valence-corrected chi connectivity index (χ1v) is 7.81. The lowest BCUT2D eigenvalue weighted by Gasteiger charge is -2.25. The fourth-order valence-corrected chi connectivity index (χ4v) is 3.14. The largest absolute Gasteiger partial charge is 0.445 e. The monoisotopic (exact) mass is 335 g/mol. The Morgan fingerprint density at radius 2 is 2.20 bits per heavy atom. The van der Waals surface area contributed by atoms with Crippen LogP contribution in [0, 0.1) is 17.2 Å². The lowest BCUT2D eigenvalue weighted by atomic mass is 9.81. The number of nitrogens with zero attached hydrogens (tertiary/aromatic N) is 3. The van der Waals surface area contributed by atoms with E-state index in [-0.39, 0.29) is 12.5 Å². The second-order valence-corrected chi connectivity index (χ2v) is 5.77. The summed E-state index contributed by atoms with van der Waals surface area (Å²) in [5.41, 5.74) is 2.06. The molecule has 0 saturated heterocycles. The van der Waals surface area contributed by atoms with Crippen LogP contribution in [0.5, 0.6) is 0 Å². The lowest BCUT2D eigenvalue weighted by Crippen LogP contribution is -2.31. The number of ether oxygens (including phenoxy) is 1. The molecule has 0 radical (unpaired) electrons. The highest BCUT2D eigenvalue weighted by atomic mass is 16.6. The van der Waals surface area contributed by atoms with Crippen LogP contribution in [0.2, 0.25) is 0 Å². The van der Waals surface area contributed by atoms with Gasteiger partial charge < -0.3 is 9.64 Å². The van der Waals surface area contributed by atoms with Crippen LogP contribution in [0.1, 0.15) is 11.5 Å². The number of para-hydroxylation sites is 1. The average molecular weight is 335 g/mol. The minimum Gasteiger partial charge on any atom is -0.445 e. The van der Waals surface area contributed by atoms with Crippen molar-refractivity contribution < 1.29 is 14.3 Å². The van der Waals surface area contributed by atoms with Gasteiger partial charge in [-0.2, -0.15) is 5.26 Å². The molecule has 6 heteroatoms. The van der Waals surface area contributed by atoms with Gasteiger partial charge in [0.05, 0.1) is 17.6 Å². The van der Waals surface area contributed by atoms with Crippen molar-refractivity contribution in [2.24, 2.45) is 5.92 Å². The third-order valence-corrected chi connectivity index (χ3v) is 4.34. The zero-order valence-electron chi connectivity index (χ0n) is 13.8. The van der Waals surface area contributed by atoms with Crippen LogP contribution in [-0.2, 0) is 9.53 Å². The van der Waals surface area contributed by atoms with E-state index in [4.69, 9.17) is 4.74 Å². The Morgan fingerprint density at radius 3 is 2.92 bits per heavy atom. The van der Waals surface area contributed by atoms with Crippen LogP contribution >= 0.6 is 0 Å². The van der Waals surface area contributed by atoms with E-state index in [9.17, 15) is 14.9 Å². The topological polar surface area (TPSA) is 73.6 Å². The Balaban J connectivity index is 1.91. The van der Waals surface area contributed by atoms with Gasteiger partial charge >= 0.3 is 6.09 Å². The molecule has 126 valence electrons. The van der Waals surface area contributed by atoms with E-state index in [0.717, 1.165) is 11.3 Å². The van der Waals surface area contributed by atoms with E-state index in [0.29, 0.717) is 5.57 Å². The molecule has 0 spiro atoms. The van der Waals surface area contributed by atoms with Gasteiger partial charge in [0.15, 0.2) is 0 Å². The summed E-state index contributed by atoms with van der Waals surface area (Å²) in [6.07, 6.45) is 5.52. The van der Waals surface area contributed by atoms with E-state index >= 15 is 0 Å². The molecule has 2 amide bonds. The number of fused-ring (bicyclic) bond motifs is 1. The molecule has 2 aliphatic heterocycles. The molecule has 0 fully saturated rings. The Kier molecular flexibility index (Phi) is 4.40. The number of nitriles is 1. The second-order valence-electron chi connectivity index (χ2n) is 5.77. The van der Waals surface area contributed by atoms with Gasteiger partial charge in [0.25, 0.3) is 0 Å². The van der Waals surface area contributed by atoms with Crippen molar-refractivity contribution in [3.63, 3.8) is 0 Å². The third-order valence-electron chi connectivity index (χ3n) is 4.34. The first-order valence-electron chi connectivity index (χ1n) is 7.81. The number of likely N-dealkylation sites (N-methyl/N-ethyl adjacent to an activating group) is 1. The number of carbonyl (C=O) groups is 2. The fourth-order valence-electron chi connectivity index (χ4n) is 3.14. The number of amides is 2. The quantitative estimate of drug-likeness (QED) is 0.796. The van der Waals surface area contributed by atoms with E-state index in [1.807, 2.05) is 24.3 Å². The van der Waals surface area contributed by atoms with Gasteiger partial charge in [-0.25, -0.2) is 4.79 Å². The van der Waals surface area contributed by atoms with E-state index in [1.54, 1.807) is 18.0 Å². The van der Waals surface area contributed by atoms with Crippen LogP contribution in [0.15, 0.2) is 61.0 Å². The summed E-state index contributed by atoms with van der Waals surface area (Å²) in [4.78, 5) is 27.5. The number of hydrogen-bond donors (Lipinski definition) is 0. The predicted octanol–water partition coefficient (Wildman–Crippen LogP) is 2.92. The SMILES string of the molecule is C=CCOC(=O)N1C=C[C@H]([C@@H]2C(=O)N(C)c3ccccc32)C(C#N)=C1. The van der Waals surface area contributed by atoms with Crippen molar-refractivity contribution >= 4 is 17.7 Å². The molecule has 0 aromatic heterocycles. The molecule has 0 saturated carbocycles. The normalized spacial score (nSPS) is 21.4. The van der Waals surface area contributed by atoms with Gasteiger partial charge in [-0.1, -0.05) is 36.9 Å². The maximum atomic E-state index is 12.7. The summed E-state index contributed by atoms with van der Waals surface area (Å²) in [5, 5.41) is 9.53. The number of rotatable bonds is 3. The highest BCUT2D eigenvalue weighted by Gasteiger charge is 2.41. The van der Waals surface area contributed by atoms with Gasteiger partial charge in [0, 0.05) is 31.1 Å². The maximum Gasteiger partial charge on any atom is 0.418 e. The maximum absolute atomic E-state index is 12.7. The van der Waals surface area contributed by atoms with Crippen molar-refractivity contribution in [3.05, 3.63) is 66.5 Å². The van der Waals surface area contributed by atoms with Crippen LogP contribution in [0.3, 0.4) is 0 Å². The predicted molar refractivity (Wildman–Crippen MR) is 92.3 cm³/mol. The van der Waals surface area contributed by atoms with Gasteiger partial charge in [-0.3, -0.25) is 9.69 Å². The van der Waals surface area contributed by atoms with Crippen molar-refractivity contribution in [3.8, 4) is 6.07 Å². The van der Waals surface area contributed by atoms with Gasteiger partial charge in [0.2, 0.25) is 5.91 Å². The number of anilines is 1. The van der Waals surface area contributed by atoms with Gasteiger partial charge in [0.1, 0.15) is 6.61 Å². The number of carbonyl (C=O) groups excluding carboxylic acids is 2. The minimum absolute atomic E-state index is 0.0697. The second kappa shape index (κ2) is 6.65. The first-order chi connectivity index (χ1) is 12.1. The molecule has 2 aliphatic rings. The van der Waals surface area contributed by atoms with Crippen LogP contribution in [-0.4, -0.2) is 30.6 Å². The number of allylic oxidation sites excluding steroid dienone is 2. The third kappa shape index (κ3) is 2.81. The van der Waals surface area contributed by atoms with Crippen LogP contribution in [0.4, 0.5) is 10.5 Å². The molecule has 1 aromatic rings. The molecule has 1 aromatic carbocycles. The summed E-state index contributed by atoms with van der Waals surface area (Å²) in [6.45, 7) is 3.57. The molecular weight excluding hydrogens is 318 g/mol. The lowest BCUT2D eigenvalue weighted by molar-refractivity contribution is -0.119. The van der Waals surface area contributed by atoms with Crippen LogP contribution in [0.25, 0.3) is 0 Å². The summed E-state index contributed by atoms with van der Waals surface area (Å²) in [5.74, 6) is -0.971. The molecule has 0 aliphatic carbocycles. The Hall–Kier alpha value is -3.33. The molecule has 6 nitrogen and oxygen atoms in total. The molecule has 0 unspecified atom stereocenters. The van der Waals surface area contributed by atoms with Crippen LogP contribution < -0.4 is 4.90 Å². The standard InChI is InChI=1S/C19H17N3O3/c1-3-10-25-19(24)22-9-8-14(13(11-20)12-22)17-15-6-4-5-7-16(15)21(2)18(17)23/h3-9,12,14,17H,1,10H2,2H3/t14-,17-/m0/s1. The van der Waals surface area contributed by atoms with E-state index in [1.165, 1.54) is 23.4 Å². The van der Waals surface area contributed by atoms with E-state index < -0.39 is 17.9 Å². The molecule has 0 N–H and O–H groups in total. The zero-order valence-corrected chi connectivity index (χ0v) is 13.8. The average Bonchev–Trinajstić information content (AvgIpc) is 2.90. The fraction of sp³-hybridized carbons (Fsp3) is 0.211. The molecule has 2 heterocycles. The molecular formula is C19H17N3O3. The highest BCUT2D eigenvalue weighted by molar-refractivity contribution is 6.05. The zero-order chi connectivity index (χ0) is 18.0. The smallest absolute Gasteiger partial charge is 0.418 e. The van der Waals surface area contributed by atoms with Crippen molar-refractivity contribution in [2.75, 3.05) is 18.6 Å². The van der Waals surface area contributed by atoms with Crippen molar-refractivity contribution in [1.29, 1.82) is 5.26 Å². The Labute approximate surface area is 145 Å². The minimum atomic E-state index is -0.599. The van der Waals surface area contributed by atoms with Gasteiger partial charge in [-0.15, -0.1) is 0 Å². The Morgan fingerprint density at radius 1 is 1.44 bits per heavy atom. The Bertz CT molecular complexity index is 835.